The van der Waals surface area contributed by atoms with Gasteiger partial charge < -0.3 is 14.5 Å². The number of carbonyl (C=O) groups is 2. The third-order valence-electron chi connectivity index (χ3n) is 5.27. The molecular formula is C17H21N3O3. The molecular weight excluding hydrogens is 294 g/mol. The van der Waals surface area contributed by atoms with Gasteiger partial charge in [-0.15, -0.1) is 0 Å². The fraction of sp³-hybridized carbons (Fsp3) is 0.588. The number of carbonyl (C=O) groups excluding carboxylic acids is 2. The van der Waals surface area contributed by atoms with Crippen LogP contribution in [-0.2, 0) is 14.3 Å². The van der Waals surface area contributed by atoms with Gasteiger partial charge >= 0.3 is 0 Å². The van der Waals surface area contributed by atoms with Crippen LogP contribution >= 0.6 is 0 Å². The molecule has 6 heteroatoms. The number of nitrogens with zero attached hydrogens (tertiary/aromatic N) is 3. The van der Waals surface area contributed by atoms with Crippen molar-refractivity contribution < 1.29 is 14.3 Å². The second-order valence-electron chi connectivity index (χ2n) is 6.52. The van der Waals surface area contributed by atoms with Gasteiger partial charge in [0.1, 0.15) is 0 Å². The molecule has 2 atom stereocenters. The number of likely N-dealkylation sites (tertiary alicyclic amines) is 1. The maximum atomic E-state index is 12.8. The highest BCUT2D eigenvalue weighted by Gasteiger charge is 2.49. The van der Waals surface area contributed by atoms with Crippen molar-refractivity contribution in [2.24, 2.45) is 5.92 Å². The molecule has 6 nitrogen and oxygen atoms in total. The summed E-state index contributed by atoms with van der Waals surface area (Å²) in [5, 5.41) is 0. The van der Waals surface area contributed by atoms with Crippen molar-refractivity contribution in [2.45, 2.75) is 37.8 Å². The van der Waals surface area contributed by atoms with E-state index in [1.165, 1.54) is 0 Å². The number of ether oxygens (including phenoxy) is 1. The van der Waals surface area contributed by atoms with E-state index in [1.807, 2.05) is 21.9 Å². The van der Waals surface area contributed by atoms with Gasteiger partial charge in [-0.25, -0.2) is 0 Å². The minimum Gasteiger partial charge on any atom is -0.381 e. The van der Waals surface area contributed by atoms with Crippen LogP contribution in [0.1, 0.15) is 25.7 Å². The summed E-state index contributed by atoms with van der Waals surface area (Å²) < 4.78 is 5.35. The molecule has 122 valence electrons. The van der Waals surface area contributed by atoms with E-state index in [0.29, 0.717) is 19.6 Å². The quantitative estimate of drug-likeness (QED) is 0.823. The van der Waals surface area contributed by atoms with Gasteiger partial charge in [0.25, 0.3) is 0 Å². The predicted molar refractivity (Wildman–Crippen MR) is 83.8 cm³/mol. The van der Waals surface area contributed by atoms with Crippen LogP contribution in [0.3, 0.4) is 0 Å². The van der Waals surface area contributed by atoms with Crippen molar-refractivity contribution in [2.75, 3.05) is 24.7 Å². The Morgan fingerprint density at radius 1 is 1.22 bits per heavy atom. The number of rotatable bonds is 2. The summed E-state index contributed by atoms with van der Waals surface area (Å²) in [6, 6.07) is 3.86. The normalized spacial score (nSPS) is 28.3. The molecule has 0 radical (unpaired) electrons. The first-order chi connectivity index (χ1) is 11.3. The van der Waals surface area contributed by atoms with Gasteiger partial charge in [0.05, 0.1) is 24.0 Å². The van der Waals surface area contributed by atoms with Gasteiger partial charge in [-0.2, -0.15) is 0 Å². The SMILES string of the molecule is O=C(C1CCOCC1)N1CC[C@H]2[C@H]1CC(=O)N2c1cccnc1. The molecule has 0 saturated carbocycles. The van der Waals surface area contributed by atoms with Gasteiger partial charge in [-0.05, 0) is 31.4 Å². The largest absolute Gasteiger partial charge is 0.381 e. The molecule has 3 fully saturated rings. The van der Waals surface area contributed by atoms with E-state index >= 15 is 0 Å². The van der Waals surface area contributed by atoms with Crippen LogP contribution in [0.5, 0.6) is 0 Å². The summed E-state index contributed by atoms with van der Waals surface area (Å²) in [6.07, 6.45) is 6.30. The van der Waals surface area contributed by atoms with E-state index in [1.54, 1.807) is 12.4 Å². The van der Waals surface area contributed by atoms with Gasteiger partial charge in [-0.1, -0.05) is 0 Å². The Morgan fingerprint density at radius 2 is 2.04 bits per heavy atom. The van der Waals surface area contributed by atoms with Crippen LogP contribution in [0, 0.1) is 5.92 Å². The molecule has 1 aromatic rings. The average molecular weight is 315 g/mol. The molecule has 0 aromatic carbocycles. The summed E-state index contributed by atoms with van der Waals surface area (Å²) in [7, 11) is 0. The first kappa shape index (κ1) is 14.6. The van der Waals surface area contributed by atoms with Gasteiger partial charge in [-0.3, -0.25) is 14.6 Å². The number of pyridine rings is 1. The van der Waals surface area contributed by atoms with Crippen LogP contribution < -0.4 is 4.90 Å². The highest BCUT2D eigenvalue weighted by molar-refractivity contribution is 5.98. The molecule has 4 heterocycles. The molecule has 0 spiro atoms. The molecule has 2 amide bonds. The zero-order valence-corrected chi connectivity index (χ0v) is 13.1. The molecule has 3 aliphatic rings. The highest BCUT2D eigenvalue weighted by Crippen LogP contribution is 2.37. The zero-order chi connectivity index (χ0) is 15.8. The molecule has 23 heavy (non-hydrogen) atoms. The molecule has 0 unspecified atom stereocenters. The minimum absolute atomic E-state index is 0.0121. The van der Waals surface area contributed by atoms with Crippen LogP contribution in [0.15, 0.2) is 24.5 Å². The Labute approximate surface area is 135 Å². The maximum absolute atomic E-state index is 12.8. The fourth-order valence-electron chi connectivity index (χ4n) is 4.13. The van der Waals surface area contributed by atoms with E-state index < -0.39 is 0 Å². The standard InChI is InChI=1S/C17H21N3O3/c21-16-10-15-14(20(16)13-2-1-6-18-11-13)3-7-19(15)17(22)12-4-8-23-9-5-12/h1-2,6,11-12,14-15H,3-5,7-10H2/t14-,15+/m0/s1. The molecule has 0 bridgehead atoms. The van der Waals surface area contributed by atoms with Crippen LogP contribution in [0.4, 0.5) is 5.69 Å². The lowest BCUT2D eigenvalue weighted by Crippen LogP contribution is -2.43. The van der Waals surface area contributed by atoms with Crippen LogP contribution in [-0.4, -0.2) is 53.5 Å². The molecule has 4 rings (SSSR count). The Bertz CT molecular complexity index is 600. The Morgan fingerprint density at radius 3 is 2.78 bits per heavy atom. The summed E-state index contributed by atoms with van der Waals surface area (Å²) in [5.74, 6) is 0.365. The molecule has 0 aliphatic carbocycles. The van der Waals surface area contributed by atoms with E-state index in [2.05, 4.69) is 4.98 Å². The summed E-state index contributed by atoms with van der Waals surface area (Å²) >= 11 is 0. The number of anilines is 1. The molecule has 0 N–H and O–H groups in total. The summed E-state index contributed by atoms with van der Waals surface area (Å²) in [6.45, 7) is 2.08. The first-order valence-corrected chi connectivity index (χ1v) is 8.36. The van der Waals surface area contributed by atoms with E-state index in [4.69, 9.17) is 4.74 Å². The number of aromatic nitrogens is 1. The number of fused-ring (bicyclic) bond motifs is 1. The van der Waals surface area contributed by atoms with Crippen molar-refractivity contribution in [1.29, 1.82) is 0 Å². The van der Waals surface area contributed by atoms with Gasteiger partial charge in [0, 0.05) is 38.3 Å². The van der Waals surface area contributed by atoms with Crippen LogP contribution in [0.2, 0.25) is 0 Å². The smallest absolute Gasteiger partial charge is 0.229 e. The zero-order valence-electron chi connectivity index (χ0n) is 13.1. The van der Waals surface area contributed by atoms with Crippen molar-refractivity contribution >= 4 is 17.5 Å². The van der Waals surface area contributed by atoms with Crippen molar-refractivity contribution in [3.63, 3.8) is 0 Å². The second-order valence-corrected chi connectivity index (χ2v) is 6.52. The van der Waals surface area contributed by atoms with Crippen molar-refractivity contribution in [1.82, 2.24) is 9.88 Å². The van der Waals surface area contributed by atoms with Crippen molar-refractivity contribution in [3.8, 4) is 0 Å². The number of amides is 2. The monoisotopic (exact) mass is 315 g/mol. The third-order valence-corrected chi connectivity index (χ3v) is 5.27. The lowest BCUT2D eigenvalue weighted by molar-refractivity contribution is -0.139. The van der Waals surface area contributed by atoms with E-state index in [-0.39, 0.29) is 29.8 Å². The maximum Gasteiger partial charge on any atom is 0.229 e. The fourth-order valence-corrected chi connectivity index (χ4v) is 4.13. The summed E-state index contributed by atoms with van der Waals surface area (Å²) in [5.41, 5.74) is 0.838. The Balaban J connectivity index is 1.52. The van der Waals surface area contributed by atoms with Crippen molar-refractivity contribution in [3.05, 3.63) is 24.5 Å². The van der Waals surface area contributed by atoms with Gasteiger partial charge in [0.15, 0.2) is 0 Å². The minimum atomic E-state index is 0.0121. The topological polar surface area (TPSA) is 62.7 Å². The lowest BCUT2D eigenvalue weighted by Gasteiger charge is -2.30. The molecule has 3 saturated heterocycles. The molecule has 1 aromatic heterocycles. The average Bonchev–Trinajstić information content (AvgIpc) is 3.13. The van der Waals surface area contributed by atoms with Crippen LogP contribution in [0.25, 0.3) is 0 Å². The number of hydrogen-bond donors (Lipinski definition) is 0. The first-order valence-electron chi connectivity index (χ1n) is 8.36. The van der Waals surface area contributed by atoms with E-state index in [0.717, 1.165) is 31.5 Å². The second kappa shape index (κ2) is 5.92. The lowest BCUT2D eigenvalue weighted by atomic mass is 9.98. The van der Waals surface area contributed by atoms with Gasteiger partial charge in [0.2, 0.25) is 11.8 Å². The number of hydrogen-bond acceptors (Lipinski definition) is 4. The van der Waals surface area contributed by atoms with E-state index in [9.17, 15) is 9.59 Å². The highest BCUT2D eigenvalue weighted by atomic mass is 16.5. The Hall–Kier alpha value is -1.95. The summed E-state index contributed by atoms with van der Waals surface area (Å²) in [4.78, 5) is 33.2. The third kappa shape index (κ3) is 2.51. The Kier molecular flexibility index (Phi) is 3.77. The predicted octanol–water partition coefficient (Wildman–Crippen LogP) is 1.21. The molecule has 3 aliphatic heterocycles.